The zero-order chi connectivity index (χ0) is 20.8. The fourth-order valence-electron chi connectivity index (χ4n) is 3.47. The molecular weight excluding hydrogens is 372 g/mol. The summed E-state index contributed by atoms with van der Waals surface area (Å²) in [5.74, 6) is 1.17. The van der Waals surface area contributed by atoms with Crippen LogP contribution in [0, 0.1) is 0 Å². The Morgan fingerprint density at radius 3 is 2.38 bits per heavy atom. The van der Waals surface area contributed by atoms with Gasteiger partial charge in [0.1, 0.15) is 5.75 Å². The van der Waals surface area contributed by atoms with Gasteiger partial charge in [-0.3, -0.25) is 9.59 Å². The number of nitrogens with zero attached hydrogens (tertiary/aromatic N) is 2. The average molecular weight is 398 g/mol. The summed E-state index contributed by atoms with van der Waals surface area (Å²) < 4.78 is 10.5. The third-order valence-corrected chi connectivity index (χ3v) is 5.03. The Morgan fingerprint density at radius 2 is 1.66 bits per heavy atom. The highest BCUT2D eigenvalue weighted by Gasteiger charge is 2.23. The standard InChI is InChI=1S/C22H26N2O5/c1-28-19-8-7-16(13-20(19)29-2)14-21(26)23-9-4-10-24(12-11-23)22(27)17-5-3-6-18(25)15-17/h3,5-8,13,15,25H,4,9-12,14H2,1-2H3. The Bertz CT molecular complexity index is 883. The Balaban J connectivity index is 1.61. The van der Waals surface area contributed by atoms with Crippen molar-refractivity contribution in [2.45, 2.75) is 12.8 Å². The van der Waals surface area contributed by atoms with E-state index < -0.39 is 0 Å². The van der Waals surface area contributed by atoms with Crippen molar-refractivity contribution in [3.05, 3.63) is 53.6 Å². The van der Waals surface area contributed by atoms with Crippen LogP contribution in [0.2, 0.25) is 0 Å². The summed E-state index contributed by atoms with van der Waals surface area (Å²) in [6, 6.07) is 11.8. The molecule has 0 aromatic heterocycles. The summed E-state index contributed by atoms with van der Waals surface area (Å²) in [6.07, 6.45) is 0.975. The van der Waals surface area contributed by atoms with E-state index >= 15 is 0 Å². The van der Waals surface area contributed by atoms with Gasteiger partial charge in [-0.1, -0.05) is 12.1 Å². The number of methoxy groups -OCH3 is 2. The number of carbonyl (C=O) groups is 2. The molecule has 7 heteroatoms. The van der Waals surface area contributed by atoms with Gasteiger partial charge in [0.25, 0.3) is 5.91 Å². The second-order valence-electron chi connectivity index (χ2n) is 6.94. The zero-order valence-electron chi connectivity index (χ0n) is 16.8. The highest BCUT2D eigenvalue weighted by Crippen LogP contribution is 2.28. The molecule has 0 radical (unpaired) electrons. The molecule has 2 amide bonds. The minimum atomic E-state index is -0.130. The van der Waals surface area contributed by atoms with Crippen LogP contribution in [-0.2, 0) is 11.2 Å². The molecule has 1 saturated heterocycles. The largest absolute Gasteiger partial charge is 0.508 e. The predicted molar refractivity (Wildman–Crippen MR) is 108 cm³/mol. The molecule has 0 unspecified atom stereocenters. The van der Waals surface area contributed by atoms with E-state index in [-0.39, 0.29) is 24.0 Å². The zero-order valence-corrected chi connectivity index (χ0v) is 16.8. The van der Waals surface area contributed by atoms with Gasteiger partial charge < -0.3 is 24.4 Å². The van der Waals surface area contributed by atoms with Gasteiger partial charge in [-0.25, -0.2) is 0 Å². The maximum atomic E-state index is 12.8. The van der Waals surface area contributed by atoms with Gasteiger partial charge in [0.15, 0.2) is 11.5 Å². The molecule has 0 aliphatic carbocycles. The molecule has 0 atom stereocenters. The molecular formula is C22H26N2O5. The quantitative estimate of drug-likeness (QED) is 0.836. The number of benzene rings is 2. The van der Waals surface area contributed by atoms with E-state index in [0.717, 1.165) is 5.56 Å². The smallest absolute Gasteiger partial charge is 0.254 e. The Kier molecular flexibility index (Phi) is 6.59. The highest BCUT2D eigenvalue weighted by atomic mass is 16.5. The lowest BCUT2D eigenvalue weighted by Gasteiger charge is -2.22. The van der Waals surface area contributed by atoms with Gasteiger partial charge in [0.2, 0.25) is 5.91 Å². The van der Waals surface area contributed by atoms with Crippen LogP contribution < -0.4 is 9.47 Å². The van der Waals surface area contributed by atoms with Gasteiger partial charge in [-0.05, 0) is 42.3 Å². The fourth-order valence-corrected chi connectivity index (χ4v) is 3.47. The summed E-state index contributed by atoms with van der Waals surface area (Å²) in [5, 5.41) is 9.60. The molecule has 0 saturated carbocycles. The number of amides is 2. The van der Waals surface area contributed by atoms with Crippen LogP contribution in [0.25, 0.3) is 0 Å². The van der Waals surface area contributed by atoms with Crippen molar-refractivity contribution in [2.75, 3.05) is 40.4 Å². The van der Waals surface area contributed by atoms with Crippen molar-refractivity contribution >= 4 is 11.8 Å². The maximum absolute atomic E-state index is 12.8. The lowest BCUT2D eigenvalue weighted by atomic mass is 10.1. The van der Waals surface area contributed by atoms with E-state index in [2.05, 4.69) is 0 Å². The van der Waals surface area contributed by atoms with E-state index in [9.17, 15) is 14.7 Å². The molecule has 1 heterocycles. The molecule has 2 aromatic carbocycles. The fraction of sp³-hybridized carbons (Fsp3) is 0.364. The molecule has 3 rings (SSSR count). The summed E-state index contributed by atoms with van der Waals surface area (Å²) in [4.78, 5) is 29.0. The van der Waals surface area contributed by atoms with Crippen LogP contribution in [0.5, 0.6) is 17.2 Å². The Morgan fingerprint density at radius 1 is 0.931 bits per heavy atom. The first kappa shape index (κ1) is 20.5. The summed E-state index contributed by atoms with van der Waals surface area (Å²) >= 11 is 0. The van der Waals surface area contributed by atoms with Crippen molar-refractivity contribution in [3.8, 4) is 17.2 Å². The summed E-state index contributed by atoms with van der Waals surface area (Å²) in [5.41, 5.74) is 1.31. The lowest BCUT2D eigenvalue weighted by Crippen LogP contribution is -2.38. The SMILES string of the molecule is COc1ccc(CC(=O)N2CCCN(C(=O)c3cccc(O)c3)CC2)cc1OC. The minimum absolute atomic E-state index is 0.0175. The number of phenolic OH excluding ortho intramolecular Hbond substituents is 1. The monoisotopic (exact) mass is 398 g/mol. The van der Waals surface area contributed by atoms with Crippen molar-refractivity contribution in [2.24, 2.45) is 0 Å². The summed E-state index contributed by atoms with van der Waals surface area (Å²) in [7, 11) is 3.14. The Labute approximate surface area is 170 Å². The molecule has 7 nitrogen and oxygen atoms in total. The summed E-state index contributed by atoms with van der Waals surface area (Å²) in [6.45, 7) is 2.13. The molecule has 1 fully saturated rings. The first-order chi connectivity index (χ1) is 14.0. The van der Waals surface area contributed by atoms with Gasteiger partial charge in [-0.2, -0.15) is 0 Å². The highest BCUT2D eigenvalue weighted by molar-refractivity contribution is 5.94. The third kappa shape index (κ3) is 4.99. The molecule has 0 spiro atoms. The molecule has 154 valence electrons. The van der Waals surface area contributed by atoms with E-state index in [1.54, 1.807) is 42.2 Å². The number of aromatic hydroxyl groups is 1. The van der Waals surface area contributed by atoms with Crippen LogP contribution in [0.15, 0.2) is 42.5 Å². The molecule has 29 heavy (non-hydrogen) atoms. The van der Waals surface area contributed by atoms with Gasteiger partial charge >= 0.3 is 0 Å². The van der Waals surface area contributed by atoms with E-state index in [1.165, 1.54) is 12.1 Å². The van der Waals surface area contributed by atoms with Crippen molar-refractivity contribution in [1.29, 1.82) is 0 Å². The lowest BCUT2D eigenvalue weighted by molar-refractivity contribution is -0.130. The number of ether oxygens (including phenoxy) is 2. The van der Waals surface area contributed by atoms with E-state index in [0.29, 0.717) is 49.7 Å². The number of rotatable bonds is 5. The van der Waals surface area contributed by atoms with Crippen LogP contribution in [0.3, 0.4) is 0 Å². The molecule has 1 aliphatic heterocycles. The van der Waals surface area contributed by atoms with Gasteiger partial charge in [0, 0.05) is 31.7 Å². The Hall–Kier alpha value is -3.22. The van der Waals surface area contributed by atoms with Gasteiger partial charge in [0.05, 0.1) is 20.6 Å². The second-order valence-corrected chi connectivity index (χ2v) is 6.94. The van der Waals surface area contributed by atoms with E-state index in [4.69, 9.17) is 9.47 Å². The van der Waals surface area contributed by atoms with Crippen LogP contribution in [0.1, 0.15) is 22.3 Å². The second kappa shape index (κ2) is 9.32. The topological polar surface area (TPSA) is 79.3 Å². The molecule has 1 aliphatic rings. The van der Waals surface area contributed by atoms with Crippen molar-refractivity contribution in [3.63, 3.8) is 0 Å². The maximum Gasteiger partial charge on any atom is 0.254 e. The molecule has 1 N–H and O–H groups in total. The third-order valence-electron chi connectivity index (χ3n) is 5.03. The van der Waals surface area contributed by atoms with Crippen LogP contribution >= 0.6 is 0 Å². The van der Waals surface area contributed by atoms with Crippen LogP contribution in [-0.4, -0.2) is 67.1 Å². The number of phenols is 1. The van der Waals surface area contributed by atoms with E-state index in [1.807, 2.05) is 12.1 Å². The number of hydrogen-bond donors (Lipinski definition) is 1. The first-order valence-corrected chi connectivity index (χ1v) is 9.59. The van der Waals surface area contributed by atoms with Crippen molar-refractivity contribution in [1.82, 2.24) is 9.80 Å². The predicted octanol–water partition coefficient (Wildman–Crippen LogP) is 2.33. The first-order valence-electron chi connectivity index (χ1n) is 9.59. The number of carbonyl (C=O) groups excluding carboxylic acids is 2. The average Bonchev–Trinajstić information content (AvgIpc) is 2.99. The van der Waals surface area contributed by atoms with Crippen LogP contribution in [0.4, 0.5) is 0 Å². The normalized spacial score (nSPS) is 14.3. The molecule has 2 aromatic rings. The molecule has 0 bridgehead atoms. The minimum Gasteiger partial charge on any atom is -0.508 e. The van der Waals surface area contributed by atoms with Crippen molar-refractivity contribution < 1.29 is 24.2 Å². The number of hydrogen-bond acceptors (Lipinski definition) is 5. The van der Waals surface area contributed by atoms with Gasteiger partial charge in [-0.15, -0.1) is 0 Å².